The van der Waals surface area contributed by atoms with Crippen LogP contribution in [0.3, 0.4) is 0 Å². The van der Waals surface area contributed by atoms with Gasteiger partial charge in [0.15, 0.2) is 11.6 Å². The second kappa shape index (κ2) is 9.32. The van der Waals surface area contributed by atoms with Gasteiger partial charge in [-0.25, -0.2) is 9.97 Å². The average molecular weight is 406 g/mol. The van der Waals surface area contributed by atoms with Gasteiger partial charge in [0.05, 0.1) is 30.5 Å². The van der Waals surface area contributed by atoms with E-state index in [2.05, 4.69) is 0 Å². The highest BCUT2D eigenvalue weighted by atomic mass is 16.3. The van der Waals surface area contributed by atoms with Crippen molar-refractivity contribution < 1.29 is 14.6 Å². The quantitative estimate of drug-likeness (QED) is 0.392. The highest BCUT2D eigenvalue weighted by Gasteiger charge is 2.24. The number of nitrogens with zero attached hydrogens (tertiary/aromatic N) is 3. The molecule has 4 N–H and O–H groups in total. The predicted octanol–water partition coefficient (Wildman–Crippen LogP) is 2.72. The zero-order chi connectivity index (χ0) is 20.9. The van der Waals surface area contributed by atoms with Gasteiger partial charge in [0, 0.05) is 23.9 Å². The second-order valence-corrected chi connectivity index (χ2v) is 7.17. The molecule has 2 heterocycles. The number of benzene rings is 2. The summed E-state index contributed by atoms with van der Waals surface area (Å²) in [7, 11) is 0. The average Bonchev–Trinajstić information content (AvgIpc) is 3.21. The molecule has 0 spiro atoms. The molecule has 7 heteroatoms. The molecule has 1 atom stereocenters. The van der Waals surface area contributed by atoms with E-state index < -0.39 is 0 Å². The van der Waals surface area contributed by atoms with Crippen molar-refractivity contribution in [1.82, 2.24) is 14.9 Å². The second-order valence-electron chi connectivity index (χ2n) is 7.17. The number of nitrogens with two attached hydrogens (primary N) is 1. The molecule has 156 valence electrons. The van der Waals surface area contributed by atoms with E-state index in [9.17, 15) is 10.2 Å². The van der Waals surface area contributed by atoms with Crippen molar-refractivity contribution in [3.8, 4) is 11.6 Å². The Morgan fingerprint density at radius 2 is 1.70 bits per heavy atom. The topological polar surface area (TPSA) is 109 Å². The summed E-state index contributed by atoms with van der Waals surface area (Å²) in [6.45, 7) is 1.27. The highest BCUT2D eigenvalue weighted by Crippen LogP contribution is 2.32. The fourth-order valence-electron chi connectivity index (χ4n) is 3.89. The van der Waals surface area contributed by atoms with Gasteiger partial charge in [-0.3, -0.25) is 4.90 Å². The van der Waals surface area contributed by atoms with Gasteiger partial charge < -0.3 is 20.4 Å². The molecule has 0 saturated carbocycles. The molecule has 0 saturated heterocycles. The molecule has 0 radical (unpaired) electrons. The van der Waals surface area contributed by atoms with Crippen molar-refractivity contribution in [2.24, 2.45) is 5.73 Å². The van der Waals surface area contributed by atoms with Gasteiger partial charge in [0.1, 0.15) is 5.58 Å². The SMILES string of the molecule is NCCC(c1nc(-c2cc3ccccc3o2)nc2ccccc12)N(CCO)CCO. The molecule has 0 aliphatic rings. The summed E-state index contributed by atoms with van der Waals surface area (Å²) in [6.07, 6.45) is 0.639. The van der Waals surface area contributed by atoms with E-state index in [1.807, 2.05) is 59.5 Å². The maximum absolute atomic E-state index is 9.55. The third-order valence-corrected chi connectivity index (χ3v) is 5.25. The van der Waals surface area contributed by atoms with Crippen LogP contribution in [0, 0.1) is 0 Å². The minimum Gasteiger partial charge on any atom is -0.453 e. The van der Waals surface area contributed by atoms with Crippen LogP contribution in [0.5, 0.6) is 0 Å². The Hall–Kier alpha value is -2.84. The van der Waals surface area contributed by atoms with Crippen molar-refractivity contribution in [1.29, 1.82) is 0 Å². The molecule has 2 aromatic carbocycles. The third kappa shape index (κ3) is 4.06. The standard InChI is InChI=1S/C23H26N4O3/c24-10-9-19(27(11-13-28)12-14-29)22-17-6-2-3-7-18(17)25-23(26-22)21-15-16-5-1-4-8-20(16)30-21/h1-8,15,19,28-29H,9-14,24H2. The first-order valence-electron chi connectivity index (χ1n) is 10.2. The Labute approximate surface area is 174 Å². The van der Waals surface area contributed by atoms with Gasteiger partial charge >= 0.3 is 0 Å². The van der Waals surface area contributed by atoms with Gasteiger partial charge in [-0.2, -0.15) is 0 Å². The van der Waals surface area contributed by atoms with Crippen LogP contribution in [0.25, 0.3) is 33.5 Å². The highest BCUT2D eigenvalue weighted by molar-refractivity contribution is 5.85. The Morgan fingerprint density at radius 3 is 2.43 bits per heavy atom. The van der Waals surface area contributed by atoms with Crippen LogP contribution in [0.2, 0.25) is 0 Å². The number of aliphatic hydroxyl groups excluding tert-OH is 2. The predicted molar refractivity (Wildman–Crippen MR) is 117 cm³/mol. The molecule has 0 aliphatic heterocycles. The maximum Gasteiger partial charge on any atom is 0.196 e. The number of para-hydroxylation sites is 2. The molecule has 4 aromatic rings. The number of fused-ring (bicyclic) bond motifs is 2. The first-order valence-corrected chi connectivity index (χ1v) is 10.2. The van der Waals surface area contributed by atoms with Crippen LogP contribution in [0.1, 0.15) is 18.2 Å². The monoisotopic (exact) mass is 406 g/mol. The Balaban J connectivity index is 1.88. The van der Waals surface area contributed by atoms with E-state index in [-0.39, 0.29) is 19.3 Å². The van der Waals surface area contributed by atoms with E-state index in [0.29, 0.717) is 37.6 Å². The van der Waals surface area contributed by atoms with Crippen LogP contribution >= 0.6 is 0 Å². The van der Waals surface area contributed by atoms with Crippen molar-refractivity contribution in [3.63, 3.8) is 0 Å². The number of aromatic nitrogens is 2. The van der Waals surface area contributed by atoms with Gasteiger partial charge in [-0.15, -0.1) is 0 Å². The molecule has 2 aromatic heterocycles. The molecule has 0 amide bonds. The smallest absolute Gasteiger partial charge is 0.196 e. The summed E-state index contributed by atoms with van der Waals surface area (Å²) in [6, 6.07) is 17.4. The normalized spacial score (nSPS) is 12.8. The van der Waals surface area contributed by atoms with Crippen LogP contribution < -0.4 is 5.73 Å². The number of hydrogen-bond acceptors (Lipinski definition) is 7. The molecule has 0 bridgehead atoms. The first kappa shape index (κ1) is 20.4. The van der Waals surface area contributed by atoms with E-state index in [0.717, 1.165) is 27.6 Å². The summed E-state index contributed by atoms with van der Waals surface area (Å²) < 4.78 is 6.01. The summed E-state index contributed by atoms with van der Waals surface area (Å²) in [5, 5.41) is 21.0. The maximum atomic E-state index is 9.55. The zero-order valence-corrected chi connectivity index (χ0v) is 16.7. The molecule has 0 aliphatic carbocycles. The lowest BCUT2D eigenvalue weighted by molar-refractivity contribution is 0.116. The van der Waals surface area contributed by atoms with Gasteiger partial charge in [0.25, 0.3) is 0 Å². The minimum atomic E-state index is -0.162. The molecule has 30 heavy (non-hydrogen) atoms. The zero-order valence-electron chi connectivity index (χ0n) is 16.7. The lowest BCUT2D eigenvalue weighted by Gasteiger charge is -2.31. The van der Waals surface area contributed by atoms with E-state index in [4.69, 9.17) is 20.1 Å². The van der Waals surface area contributed by atoms with Gasteiger partial charge in [-0.1, -0.05) is 36.4 Å². The van der Waals surface area contributed by atoms with Crippen LogP contribution in [0.4, 0.5) is 0 Å². The molecule has 4 rings (SSSR count). The van der Waals surface area contributed by atoms with Gasteiger partial charge in [0.2, 0.25) is 0 Å². The van der Waals surface area contributed by atoms with Crippen molar-refractivity contribution in [3.05, 3.63) is 60.3 Å². The summed E-state index contributed by atoms with van der Waals surface area (Å²) in [4.78, 5) is 11.7. The molecule has 0 fully saturated rings. The summed E-state index contributed by atoms with van der Waals surface area (Å²) in [5.74, 6) is 1.11. The Kier molecular flexibility index (Phi) is 6.35. The molecule has 7 nitrogen and oxygen atoms in total. The number of rotatable bonds is 9. The third-order valence-electron chi connectivity index (χ3n) is 5.25. The van der Waals surface area contributed by atoms with E-state index in [1.54, 1.807) is 0 Å². The number of aliphatic hydroxyl groups is 2. The van der Waals surface area contributed by atoms with Crippen molar-refractivity contribution in [2.75, 3.05) is 32.8 Å². The fraction of sp³-hybridized carbons (Fsp3) is 0.304. The van der Waals surface area contributed by atoms with Crippen LogP contribution in [0.15, 0.2) is 59.0 Å². The fourth-order valence-corrected chi connectivity index (χ4v) is 3.89. The van der Waals surface area contributed by atoms with Crippen molar-refractivity contribution in [2.45, 2.75) is 12.5 Å². The lowest BCUT2D eigenvalue weighted by Crippen LogP contribution is -2.35. The molecule has 1 unspecified atom stereocenters. The minimum absolute atomic E-state index is 0.0134. The van der Waals surface area contributed by atoms with Crippen LogP contribution in [-0.4, -0.2) is 57.9 Å². The lowest BCUT2D eigenvalue weighted by atomic mass is 10.0. The Bertz CT molecular complexity index is 1090. The Morgan fingerprint density at radius 1 is 0.967 bits per heavy atom. The van der Waals surface area contributed by atoms with E-state index in [1.165, 1.54) is 0 Å². The number of hydrogen-bond donors (Lipinski definition) is 3. The van der Waals surface area contributed by atoms with Gasteiger partial charge in [-0.05, 0) is 31.2 Å². The largest absolute Gasteiger partial charge is 0.453 e. The van der Waals surface area contributed by atoms with Crippen LogP contribution in [-0.2, 0) is 0 Å². The summed E-state index contributed by atoms with van der Waals surface area (Å²) in [5.41, 5.74) is 8.35. The number of furan rings is 1. The molecular formula is C23H26N4O3. The summed E-state index contributed by atoms with van der Waals surface area (Å²) >= 11 is 0. The molecular weight excluding hydrogens is 380 g/mol. The van der Waals surface area contributed by atoms with Crippen molar-refractivity contribution >= 4 is 21.9 Å². The first-order chi connectivity index (χ1) is 14.7. The van der Waals surface area contributed by atoms with E-state index >= 15 is 0 Å².